The van der Waals surface area contributed by atoms with E-state index < -0.39 is 24.0 Å². The topological polar surface area (TPSA) is 102 Å². The number of aliphatic hydroxyl groups excluding tert-OH is 1. The predicted molar refractivity (Wildman–Crippen MR) is 175 cm³/mol. The number of carboxylic acids is 1. The zero-order chi connectivity index (χ0) is 30.8. The molecule has 3 aromatic rings. The molecular formula is C37H41LiN2O4S. The van der Waals surface area contributed by atoms with Gasteiger partial charge in [-0.3, -0.25) is 9.78 Å². The van der Waals surface area contributed by atoms with Crippen molar-refractivity contribution in [3.05, 3.63) is 88.7 Å². The second-order valence-corrected chi connectivity index (χ2v) is 14.3. The molecule has 4 saturated carbocycles. The monoisotopic (exact) mass is 616 g/mol. The fraction of sp³-hybridized carbons (Fsp3) is 0.432. The third kappa shape index (κ3) is 7.13. The first-order valence-electron chi connectivity index (χ1n) is 15.8. The number of pyridine rings is 1. The van der Waals surface area contributed by atoms with Crippen LogP contribution in [0.25, 0.3) is 23.3 Å². The van der Waals surface area contributed by atoms with Crippen LogP contribution in [0.1, 0.15) is 83.7 Å². The van der Waals surface area contributed by atoms with Crippen molar-refractivity contribution in [1.29, 1.82) is 0 Å². The van der Waals surface area contributed by atoms with Gasteiger partial charge in [-0.25, -0.2) is 0 Å². The number of amides is 1. The predicted octanol–water partition coefficient (Wildman–Crippen LogP) is 3.08. The minimum Gasteiger partial charge on any atom is -0.548 e. The van der Waals surface area contributed by atoms with Gasteiger partial charge in [0.1, 0.15) is 0 Å². The molecule has 4 bridgehead atoms. The Morgan fingerprint density at radius 1 is 1.04 bits per heavy atom. The van der Waals surface area contributed by atoms with Crippen LogP contribution in [0.3, 0.4) is 0 Å². The van der Waals surface area contributed by atoms with Crippen molar-refractivity contribution in [2.45, 2.75) is 64.0 Å². The van der Waals surface area contributed by atoms with E-state index in [1.165, 1.54) is 31.0 Å². The molecule has 45 heavy (non-hydrogen) atoms. The van der Waals surface area contributed by atoms with Crippen LogP contribution in [0.15, 0.2) is 60.9 Å². The van der Waals surface area contributed by atoms with Gasteiger partial charge in [0.2, 0.25) is 0 Å². The maximum atomic E-state index is 13.4. The Balaban J connectivity index is 0.00000400. The molecule has 1 heterocycles. The molecular weight excluding hydrogens is 575 g/mol. The van der Waals surface area contributed by atoms with Gasteiger partial charge in [-0.15, -0.1) is 0 Å². The van der Waals surface area contributed by atoms with E-state index in [-0.39, 0.29) is 30.7 Å². The Hall–Kier alpha value is -2.82. The second kappa shape index (κ2) is 14.3. The van der Waals surface area contributed by atoms with E-state index in [0.29, 0.717) is 11.3 Å². The van der Waals surface area contributed by atoms with Crippen LogP contribution >= 0.6 is 11.8 Å². The van der Waals surface area contributed by atoms with Crippen LogP contribution in [0.5, 0.6) is 0 Å². The zero-order valence-corrected chi connectivity index (χ0v) is 27.3. The van der Waals surface area contributed by atoms with Crippen molar-refractivity contribution >= 4 is 35.8 Å². The van der Waals surface area contributed by atoms with E-state index in [0.717, 1.165) is 70.4 Å². The summed E-state index contributed by atoms with van der Waals surface area (Å²) >= 11 is 1.52. The molecule has 7 rings (SSSR count). The van der Waals surface area contributed by atoms with E-state index in [9.17, 15) is 19.8 Å². The Bertz CT molecular complexity index is 1540. The zero-order valence-electron chi connectivity index (χ0n) is 26.5. The summed E-state index contributed by atoms with van der Waals surface area (Å²) in [5, 5.41) is 26.3. The fourth-order valence-electron chi connectivity index (χ4n) is 8.52. The van der Waals surface area contributed by atoms with Crippen molar-refractivity contribution in [3.63, 3.8) is 0 Å². The largest absolute Gasteiger partial charge is 1.00 e. The van der Waals surface area contributed by atoms with E-state index in [2.05, 4.69) is 10.3 Å². The Kier molecular flexibility index (Phi) is 10.7. The second-order valence-electron chi connectivity index (χ2n) is 13.3. The molecule has 1 amide bonds. The molecule has 1 aromatic heterocycles. The Labute approximate surface area is 282 Å². The van der Waals surface area contributed by atoms with Crippen LogP contribution in [-0.2, 0) is 4.79 Å². The molecule has 4 aliphatic rings. The summed E-state index contributed by atoms with van der Waals surface area (Å²) in [5.74, 6) is 1.12. The number of nitrogens with one attached hydrogen (secondary N) is 1. The average molecular weight is 617 g/mol. The summed E-state index contributed by atoms with van der Waals surface area (Å²) in [7, 11) is 0. The minimum absolute atomic E-state index is 0. The number of carbonyl (C=O) groups is 2. The van der Waals surface area contributed by atoms with Gasteiger partial charge in [-0.2, -0.15) is 11.8 Å². The van der Waals surface area contributed by atoms with Gasteiger partial charge in [-0.05, 0) is 133 Å². The van der Waals surface area contributed by atoms with Crippen molar-refractivity contribution in [3.8, 4) is 11.1 Å². The molecule has 6 nitrogen and oxygen atoms in total. The van der Waals surface area contributed by atoms with Gasteiger partial charge in [0.05, 0.1) is 18.1 Å². The number of aliphatic hydroxyl groups is 1. The number of hydrogen-bond donors (Lipinski definition) is 2. The number of thioether (sulfide) groups is 1. The van der Waals surface area contributed by atoms with Crippen LogP contribution in [0.2, 0.25) is 0 Å². The number of carbonyl (C=O) groups excluding carboxylic acids is 2. The quantitative estimate of drug-likeness (QED) is 0.321. The molecule has 4 aliphatic carbocycles. The molecule has 1 unspecified atom stereocenters. The van der Waals surface area contributed by atoms with Crippen LogP contribution in [-0.4, -0.2) is 40.0 Å². The number of benzene rings is 2. The number of hydrogen-bond acceptors (Lipinski definition) is 6. The van der Waals surface area contributed by atoms with Gasteiger partial charge in [0.15, 0.2) is 0 Å². The van der Waals surface area contributed by atoms with Gasteiger partial charge >= 0.3 is 18.9 Å². The molecule has 0 aliphatic heterocycles. The number of aliphatic carboxylic acids is 1. The molecule has 4 fully saturated rings. The molecule has 230 valence electrons. The smallest absolute Gasteiger partial charge is 0.548 e. The van der Waals surface area contributed by atoms with Crippen molar-refractivity contribution in [2.75, 3.05) is 12.0 Å². The van der Waals surface area contributed by atoms with Crippen molar-refractivity contribution < 1.29 is 38.7 Å². The standard InChI is InChI=1S/C37H42N2O4S.Li/c1-23-5-3-4-6-29(23)32-18-24(8-10-31(32)35(41)39-33(36(42)43)12-14-44-2)7-9-28-22-38-13-11-30(28)34(40)37-19-25-15-26(20-37)17-27(16-25)21-37;/h3-11,13,18,22,25-27,33-34,40H,12,14-17,19-21H2,1-2H3,(H,39,41)(H,42,43);/q;+1/p-1/b9-7+;/t25?,26?,27?,33-,34?,37?;/m0./s1. The molecule has 8 heteroatoms. The number of nitrogens with zero attached hydrogens (tertiary/aromatic N) is 1. The third-order valence-corrected chi connectivity index (χ3v) is 10.9. The number of aromatic nitrogens is 1. The summed E-state index contributed by atoms with van der Waals surface area (Å²) in [4.78, 5) is 29.6. The first-order valence-corrected chi connectivity index (χ1v) is 17.2. The Morgan fingerprint density at radius 2 is 1.73 bits per heavy atom. The molecule has 2 N–H and O–H groups in total. The summed E-state index contributed by atoms with van der Waals surface area (Å²) in [6.45, 7) is 2.00. The maximum absolute atomic E-state index is 13.4. The minimum atomic E-state index is -1.28. The van der Waals surface area contributed by atoms with Crippen molar-refractivity contribution in [1.82, 2.24) is 10.3 Å². The van der Waals surface area contributed by atoms with Gasteiger partial charge < -0.3 is 20.3 Å². The van der Waals surface area contributed by atoms with Crippen LogP contribution in [0, 0.1) is 30.1 Å². The maximum Gasteiger partial charge on any atom is 1.00 e. The SMILES string of the molecule is CSCC[C@H](NC(=O)c1ccc(/C=C/c2cnccc2C(O)C23CC4CC(CC(C4)C2)C3)cc1-c1ccccc1C)C(=O)[O-].[Li+]. The van der Waals surface area contributed by atoms with Gasteiger partial charge in [-0.1, -0.05) is 42.5 Å². The van der Waals surface area contributed by atoms with E-state index >= 15 is 0 Å². The van der Waals surface area contributed by atoms with E-state index in [1.54, 1.807) is 12.3 Å². The first kappa shape index (κ1) is 33.5. The first-order chi connectivity index (χ1) is 21.3. The fourth-order valence-corrected chi connectivity index (χ4v) is 8.99. The normalized spacial score (nSPS) is 24.6. The molecule has 0 spiro atoms. The summed E-state index contributed by atoms with van der Waals surface area (Å²) in [5.41, 5.74) is 5.74. The number of aryl methyl sites for hydroxylation is 1. The summed E-state index contributed by atoms with van der Waals surface area (Å²) in [6.07, 6.45) is 16.6. The molecule has 2 aromatic carbocycles. The van der Waals surface area contributed by atoms with Crippen LogP contribution < -0.4 is 29.3 Å². The molecule has 0 saturated heterocycles. The average Bonchev–Trinajstić information content (AvgIpc) is 3.01. The number of carboxylic acid groups (broad SMARTS) is 1. The summed E-state index contributed by atoms with van der Waals surface area (Å²) in [6, 6.07) is 14.4. The van der Waals surface area contributed by atoms with Gasteiger partial charge in [0, 0.05) is 23.4 Å². The third-order valence-electron chi connectivity index (χ3n) is 10.2. The molecule has 2 atom stereocenters. The van der Waals surface area contributed by atoms with Gasteiger partial charge in [0.25, 0.3) is 5.91 Å². The van der Waals surface area contributed by atoms with Crippen molar-refractivity contribution in [2.24, 2.45) is 23.2 Å². The van der Waals surface area contributed by atoms with E-state index in [1.807, 2.05) is 74.0 Å². The van der Waals surface area contributed by atoms with Crippen LogP contribution in [0.4, 0.5) is 0 Å². The number of rotatable bonds is 11. The molecule has 0 radical (unpaired) electrons. The summed E-state index contributed by atoms with van der Waals surface area (Å²) < 4.78 is 0. The Morgan fingerprint density at radius 3 is 2.38 bits per heavy atom. The van der Waals surface area contributed by atoms with E-state index in [4.69, 9.17) is 0 Å².